The van der Waals surface area contributed by atoms with E-state index in [-0.39, 0.29) is 17.9 Å². The number of nitrogens with zero attached hydrogens (tertiary/aromatic N) is 1. The number of barbiturate groups is 1. The van der Waals surface area contributed by atoms with E-state index in [9.17, 15) is 18.8 Å². The van der Waals surface area contributed by atoms with Gasteiger partial charge in [-0.05, 0) is 60.5 Å². The van der Waals surface area contributed by atoms with E-state index in [1.807, 2.05) is 0 Å². The van der Waals surface area contributed by atoms with E-state index in [0.717, 1.165) is 4.90 Å². The van der Waals surface area contributed by atoms with Crippen molar-refractivity contribution in [3.8, 4) is 11.5 Å². The second-order valence-electron chi connectivity index (χ2n) is 7.71. The summed E-state index contributed by atoms with van der Waals surface area (Å²) in [5.41, 5.74) is 1.58. The molecule has 0 spiro atoms. The molecule has 0 saturated carbocycles. The summed E-state index contributed by atoms with van der Waals surface area (Å²) < 4.78 is 24.7. The van der Waals surface area contributed by atoms with Crippen molar-refractivity contribution in [2.75, 3.05) is 12.0 Å². The van der Waals surface area contributed by atoms with E-state index < -0.39 is 23.7 Å². The summed E-state index contributed by atoms with van der Waals surface area (Å²) in [6, 6.07) is 14.7. The zero-order valence-corrected chi connectivity index (χ0v) is 19.6. The number of hydrogen-bond donors (Lipinski definition) is 1. The number of benzene rings is 3. The Morgan fingerprint density at radius 3 is 2.60 bits per heavy atom. The first-order valence-corrected chi connectivity index (χ1v) is 10.9. The van der Waals surface area contributed by atoms with Gasteiger partial charge in [0.05, 0.1) is 12.8 Å². The summed E-state index contributed by atoms with van der Waals surface area (Å²) in [5.74, 6) is -1.28. The van der Waals surface area contributed by atoms with Gasteiger partial charge in [-0.3, -0.25) is 14.9 Å². The highest BCUT2D eigenvalue weighted by Gasteiger charge is 2.37. The van der Waals surface area contributed by atoms with E-state index in [1.165, 1.54) is 31.4 Å². The average Bonchev–Trinajstić information content (AvgIpc) is 2.83. The molecular weight excluding hydrogens is 475 g/mol. The number of amides is 4. The number of halogens is 2. The van der Waals surface area contributed by atoms with Crippen molar-refractivity contribution in [2.24, 2.45) is 0 Å². The molecule has 0 bridgehead atoms. The number of nitrogens with one attached hydrogen (secondary N) is 1. The van der Waals surface area contributed by atoms with Gasteiger partial charge in [0.2, 0.25) is 0 Å². The first-order valence-electron chi connectivity index (χ1n) is 10.5. The third kappa shape index (κ3) is 5.17. The van der Waals surface area contributed by atoms with Crippen LogP contribution in [0.4, 0.5) is 14.9 Å². The smallest absolute Gasteiger partial charge is 0.335 e. The van der Waals surface area contributed by atoms with Gasteiger partial charge in [-0.25, -0.2) is 14.1 Å². The maximum Gasteiger partial charge on any atom is 0.335 e. The van der Waals surface area contributed by atoms with Crippen molar-refractivity contribution in [2.45, 2.75) is 13.5 Å². The number of imide groups is 2. The monoisotopic (exact) mass is 494 g/mol. The van der Waals surface area contributed by atoms with Gasteiger partial charge in [0.1, 0.15) is 29.5 Å². The molecule has 1 heterocycles. The van der Waals surface area contributed by atoms with E-state index in [0.29, 0.717) is 33.2 Å². The predicted molar refractivity (Wildman–Crippen MR) is 129 cm³/mol. The second-order valence-corrected chi connectivity index (χ2v) is 8.15. The molecule has 4 rings (SSSR count). The number of ether oxygens (including phenoxy) is 2. The molecule has 9 heteroatoms. The molecule has 1 saturated heterocycles. The number of urea groups is 1. The Morgan fingerprint density at radius 1 is 1.06 bits per heavy atom. The fourth-order valence-electron chi connectivity index (χ4n) is 3.53. The van der Waals surface area contributed by atoms with Crippen LogP contribution < -0.4 is 19.7 Å². The van der Waals surface area contributed by atoms with Crippen molar-refractivity contribution in [1.29, 1.82) is 0 Å². The quantitative estimate of drug-likeness (QED) is 0.383. The fourth-order valence-corrected chi connectivity index (χ4v) is 3.70. The SMILES string of the molecule is COc1ccc(/C=C2\C(=O)NC(=O)N(c3cc(Cl)ccc3C)C2=O)c(OCc2cccc(F)c2)c1. The van der Waals surface area contributed by atoms with Crippen LogP contribution in [0.3, 0.4) is 0 Å². The molecule has 1 aliphatic rings. The Morgan fingerprint density at radius 2 is 1.86 bits per heavy atom. The molecule has 1 fully saturated rings. The minimum Gasteiger partial charge on any atom is -0.497 e. The lowest BCUT2D eigenvalue weighted by atomic mass is 10.0. The summed E-state index contributed by atoms with van der Waals surface area (Å²) in [6.07, 6.45) is 1.33. The number of hydrogen-bond acceptors (Lipinski definition) is 5. The molecule has 0 aliphatic carbocycles. The summed E-state index contributed by atoms with van der Waals surface area (Å²) in [4.78, 5) is 39.3. The molecule has 35 heavy (non-hydrogen) atoms. The first-order chi connectivity index (χ1) is 16.8. The number of carbonyl (C=O) groups is 3. The topological polar surface area (TPSA) is 84.9 Å². The van der Waals surface area contributed by atoms with E-state index in [4.69, 9.17) is 21.1 Å². The van der Waals surface area contributed by atoms with Crippen molar-refractivity contribution in [3.05, 3.63) is 93.8 Å². The summed E-state index contributed by atoms with van der Waals surface area (Å²) in [5, 5.41) is 2.52. The molecular formula is C26H20ClFN2O5. The van der Waals surface area contributed by atoms with Gasteiger partial charge in [0.15, 0.2) is 0 Å². The lowest BCUT2D eigenvalue weighted by molar-refractivity contribution is -0.122. The van der Waals surface area contributed by atoms with E-state index >= 15 is 0 Å². The van der Waals surface area contributed by atoms with Crippen LogP contribution in [0, 0.1) is 12.7 Å². The lowest BCUT2D eigenvalue weighted by Crippen LogP contribution is -2.54. The molecule has 1 aliphatic heterocycles. The standard InChI is InChI=1S/C26H20ClFN2O5/c1-15-6-8-18(27)12-22(15)30-25(32)21(24(31)29-26(30)33)11-17-7-9-20(34-2)13-23(17)35-14-16-4-3-5-19(28)10-16/h3-13H,14H2,1-2H3,(H,29,31,33)/b21-11+. The maximum atomic E-state index is 13.5. The minimum atomic E-state index is -0.875. The highest BCUT2D eigenvalue weighted by atomic mass is 35.5. The van der Waals surface area contributed by atoms with Gasteiger partial charge in [-0.2, -0.15) is 0 Å². The van der Waals surface area contributed by atoms with E-state index in [2.05, 4.69) is 5.32 Å². The Labute approximate surface area is 205 Å². The van der Waals surface area contributed by atoms with Crippen LogP contribution in [0.25, 0.3) is 6.08 Å². The van der Waals surface area contributed by atoms with Gasteiger partial charge in [-0.1, -0.05) is 29.8 Å². The number of carbonyl (C=O) groups excluding carboxylic acids is 3. The summed E-state index contributed by atoms with van der Waals surface area (Å²) >= 11 is 6.07. The zero-order chi connectivity index (χ0) is 25.1. The number of aryl methyl sites for hydroxylation is 1. The van der Waals surface area contributed by atoms with Gasteiger partial charge < -0.3 is 9.47 Å². The molecule has 178 valence electrons. The van der Waals surface area contributed by atoms with Crippen LogP contribution >= 0.6 is 11.6 Å². The van der Waals surface area contributed by atoms with Gasteiger partial charge in [0, 0.05) is 16.7 Å². The lowest BCUT2D eigenvalue weighted by Gasteiger charge is -2.27. The largest absolute Gasteiger partial charge is 0.497 e. The highest BCUT2D eigenvalue weighted by Crippen LogP contribution is 2.31. The minimum absolute atomic E-state index is 0.0353. The van der Waals surface area contributed by atoms with Gasteiger partial charge >= 0.3 is 6.03 Å². The van der Waals surface area contributed by atoms with E-state index in [1.54, 1.807) is 49.4 Å². The number of methoxy groups -OCH3 is 1. The van der Waals surface area contributed by atoms with Crippen molar-refractivity contribution in [1.82, 2.24) is 5.32 Å². The van der Waals surface area contributed by atoms with Crippen LogP contribution in [0.5, 0.6) is 11.5 Å². The molecule has 4 amide bonds. The summed E-state index contributed by atoms with van der Waals surface area (Å²) in [7, 11) is 1.48. The first kappa shape index (κ1) is 24.0. The normalized spacial score (nSPS) is 14.8. The Balaban J connectivity index is 1.71. The van der Waals surface area contributed by atoms with Crippen LogP contribution in [0.1, 0.15) is 16.7 Å². The number of rotatable bonds is 6. The summed E-state index contributed by atoms with van der Waals surface area (Å²) in [6.45, 7) is 1.75. The molecule has 3 aromatic carbocycles. The zero-order valence-electron chi connectivity index (χ0n) is 18.8. The Bertz CT molecular complexity index is 1370. The maximum absolute atomic E-state index is 13.5. The van der Waals surface area contributed by atoms with Crippen molar-refractivity contribution >= 4 is 41.2 Å². The molecule has 0 atom stereocenters. The molecule has 0 unspecified atom stereocenters. The average molecular weight is 495 g/mol. The van der Waals surface area contributed by atoms with Crippen LogP contribution in [-0.4, -0.2) is 25.0 Å². The Hall–Kier alpha value is -4.17. The van der Waals surface area contributed by atoms with Crippen LogP contribution in [-0.2, 0) is 16.2 Å². The third-order valence-electron chi connectivity index (χ3n) is 5.32. The molecule has 1 N–H and O–H groups in total. The second kappa shape index (κ2) is 9.99. The molecule has 3 aromatic rings. The predicted octanol–water partition coefficient (Wildman–Crippen LogP) is 5.04. The van der Waals surface area contributed by atoms with Gasteiger partial charge in [0.25, 0.3) is 11.8 Å². The van der Waals surface area contributed by atoms with Crippen LogP contribution in [0.2, 0.25) is 5.02 Å². The van der Waals surface area contributed by atoms with Crippen LogP contribution in [0.15, 0.2) is 66.2 Å². The fraction of sp³-hybridized carbons (Fsp3) is 0.115. The molecule has 7 nitrogen and oxygen atoms in total. The number of anilines is 1. The Kier molecular flexibility index (Phi) is 6.84. The van der Waals surface area contributed by atoms with Crippen molar-refractivity contribution in [3.63, 3.8) is 0 Å². The molecule has 0 radical (unpaired) electrons. The third-order valence-corrected chi connectivity index (χ3v) is 5.55. The molecule has 0 aromatic heterocycles. The van der Waals surface area contributed by atoms with Gasteiger partial charge in [-0.15, -0.1) is 0 Å². The van der Waals surface area contributed by atoms with Crippen molar-refractivity contribution < 1.29 is 28.2 Å². The highest BCUT2D eigenvalue weighted by molar-refractivity contribution is 6.39.